The summed E-state index contributed by atoms with van der Waals surface area (Å²) in [6.45, 7) is 5.95. The van der Waals surface area contributed by atoms with Crippen molar-refractivity contribution in [3.05, 3.63) is 120 Å². The maximum absolute atomic E-state index is 9.36. The Hall–Kier alpha value is -2.90. The highest BCUT2D eigenvalue weighted by atomic mass is 28.3. The summed E-state index contributed by atoms with van der Waals surface area (Å²) in [6, 6.07) is -15.2. The van der Waals surface area contributed by atoms with E-state index in [2.05, 4.69) is 0 Å². The van der Waals surface area contributed by atoms with Crippen LogP contribution in [-0.2, 0) is 5.41 Å². The molecule has 0 aliphatic carbocycles. The van der Waals surface area contributed by atoms with E-state index in [-0.39, 0.29) is 11.1 Å². The zero-order valence-electron chi connectivity index (χ0n) is 35.0. The third-order valence-corrected chi connectivity index (χ3v) is 8.81. The molecule has 0 bridgehead atoms. The second-order valence-electron chi connectivity index (χ2n) is 7.75. The molecule has 0 N–H and O–H groups in total. The highest BCUT2D eigenvalue weighted by Gasteiger charge is 2.43. The second kappa shape index (κ2) is 8.08. The smallest absolute Gasteiger partial charge is 0.0623 e. The largest absolute Gasteiger partial charge is 0.179 e. The van der Waals surface area contributed by atoms with E-state index in [0.717, 1.165) is 0 Å². The van der Waals surface area contributed by atoms with Crippen LogP contribution in [-0.4, -0.2) is 8.07 Å². The molecule has 4 aromatic rings. The molecule has 0 aliphatic heterocycles. The minimum absolute atomic E-state index is 0.211. The minimum atomic E-state index is -5.59. The van der Waals surface area contributed by atoms with Gasteiger partial charge in [0.05, 0.1) is 24.7 Å². The molecule has 0 fully saturated rings. The Labute approximate surface area is 207 Å². The van der Waals surface area contributed by atoms with E-state index in [1.54, 1.807) is 20.8 Å². The second-order valence-corrected chi connectivity index (χ2v) is 11.2. The lowest BCUT2D eigenvalue weighted by atomic mass is 9.87. The van der Waals surface area contributed by atoms with Gasteiger partial charge in [-0.25, -0.2) is 0 Å². The molecule has 4 aromatic carbocycles. The molecular weight excluding hydrogens is 376 g/mol. The van der Waals surface area contributed by atoms with Crippen LogP contribution >= 0.6 is 0 Å². The quantitative estimate of drug-likeness (QED) is 0.330. The first-order valence-corrected chi connectivity index (χ1v) is 11.2. The van der Waals surface area contributed by atoms with Crippen molar-refractivity contribution >= 4 is 28.8 Å². The van der Waals surface area contributed by atoms with Gasteiger partial charge in [-0.1, -0.05) is 135 Å². The number of rotatable bonds is 4. The molecule has 0 atom stereocenters. The van der Waals surface area contributed by atoms with Crippen LogP contribution in [0.25, 0.3) is 0 Å². The minimum Gasteiger partial charge on any atom is -0.0623 e. The Morgan fingerprint density at radius 1 is 0.600 bits per heavy atom. The van der Waals surface area contributed by atoms with Crippen LogP contribution in [0.4, 0.5) is 0 Å². The van der Waals surface area contributed by atoms with Crippen molar-refractivity contribution in [3.63, 3.8) is 0 Å². The van der Waals surface area contributed by atoms with E-state index >= 15 is 0 Å². The van der Waals surface area contributed by atoms with Crippen LogP contribution in [0.15, 0.2) is 109 Å². The predicted octanol–water partition coefficient (Wildman–Crippen LogP) is 4.67. The maximum atomic E-state index is 9.36. The Balaban J connectivity index is 2.77. The molecule has 0 radical (unpaired) electrons. The lowest BCUT2D eigenvalue weighted by Crippen LogP contribution is -2.75. The van der Waals surface area contributed by atoms with Gasteiger partial charge in [0.1, 0.15) is 0 Å². The third kappa shape index (κ3) is 3.55. The van der Waals surface area contributed by atoms with Crippen molar-refractivity contribution in [1.29, 1.82) is 0 Å². The normalized spacial score (nSPS) is 20.4. The average Bonchev–Trinajstić information content (AvgIpc) is 3.02. The van der Waals surface area contributed by atoms with Crippen LogP contribution < -0.4 is 20.7 Å². The molecule has 4 rings (SSSR count). The fourth-order valence-electron chi connectivity index (χ4n) is 3.41. The lowest BCUT2D eigenvalue weighted by molar-refractivity contribution is 0.594. The molecule has 0 saturated heterocycles. The van der Waals surface area contributed by atoms with Crippen LogP contribution in [0.1, 0.15) is 56.6 Å². The number of hydrogen-bond acceptors (Lipinski definition) is 0. The SMILES string of the molecule is [2H]c1c([2H])c([2H])c([Si](c2c([2H])c([2H])c([2H])c([2H])c2[2H])(c2c([2H])c([2H])c([2H])c(C)c2[2H])c2c([2H])c([2H])c([2H])c([2H])c2C(C)(C)C)c([2H])c1[2H]. The molecule has 0 aliphatic rings. The van der Waals surface area contributed by atoms with Gasteiger partial charge in [-0.2, -0.15) is 0 Å². The van der Waals surface area contributed by atoms with Gasteiger partial charge in [0, 0.05) is 0 Å². The molecular formula is C29H30Si. The van der Waals surface area contributed by atoms with E-state index < -0.39 is 143 Å². The van der Waals surface area contributed by atoms with Crippen molar-refractivity contribution < 1.29 is 24.7 Å². The monoisotopic (exact) mass is 424 g/mol. The molecule has 0 nitrogen and oxygen atoms in total. The number of hydrogen-bond donors (Lipinski definition) is 0. The van der Waals surface area contributed by atoms with Crippen molar-refractivity contribution in [2.75, 3.05) is 0 Å². The van der Waals surface area contributed by atoms with Crippen LogP contribution in [0.3, 0.4) is 0 Å². The van der Waals surface area contributed by atoms with E-state index in [4.69, 9.17) is 15.1 Å². The fraction of sp³-hybridized carbons (Fsp3) is 0.172. The highest BCUT2D eigenvalue weighted by molar-refractivity contribution is 7.20. The first kappa shape index (κ1) is 7.98. The average molecular weight is 425 g/mol. The molecule has 150 valence electrons. The van der Waals surface area contributed by atoms with E-state index in [9.17, 15) is 9.60 Å². The fourth-order valence-corrected chi connectivity index (χ4v) is 7.59. The summed E-state index contributed by atoms with van der Waals surface area (Å²) in [5.41, 5.74) is -1.71. The van der Waals surface area contributed by atoms with Crippen LogP contribution in [0.2, 0.25) is 0 Å². The van der Waals surface area contributed by atoms with E-state index in [1.807, 2.05) is 0 Å². The van der Waals surface area contributed by atoms with Gasteiger partial charge in [-0.15, -0.1) is 0 Å². The maximum Gasteiger partial charge on any atom is 0.179 e. The highest BCUT2D eigenvalue weighted by Crippen LogP contribution is 2.23. The van der Waals surface area contributed by atoms with Gasteiger partial charge in [0.25, 0.3) is 0 Å². The van der Waals surface area contributed by atoms with Gasteiger partial charge in [-0.05, 0) is 38.6 Å². The summed E-state index contributed by atoms with van der Waals surface area (Å²) in [5, 5.41) is -2.60. The molecule has 0 amide bonds. The summed E-state index contributed by atoms with van der Waals surface area (Å²) in [5.74, 6) is 0. The summed E-state index contributed by atoms with van der Waals surface area (Å²) < 4.78 is 159. The Morgan fingerprint density at radius 3 is 1.67 bits per heavy atom. The number of benzene rings is 4. The van der Waals surface area contributed by atoms with Gasteiger partial charge in [0.15, 0.2) is 8.07 Å². The Bertz CT molecular complexity index is 1810. The van der Waals surface area contributed by atoms with Gasteiger partial charge in [0.2, 0.25) is 0 Å². The Morgan fingerprint density at radius 2 is 1.10 bits per heavy atom. The van der Waals surface area contributed by atoms with Crippen molar-refractivity contribution in [3.8, 4) is 0 Å². The zero-order valence-corrected chi connectivity index (χ0v) is 18.0. The molecule has 0 aromatic heterocycles. The van der Waals surface area contributed by atoms with Gasteiger partial charge < -0.3 is 0 Å². The summed E-state index contributed by atoms with van der Waals surface area (Å²) in [4.78, 5) is 0. The standard InChI is InChI=1S/C29H30Si/c1-23-14-13-19-26(22-23)30(24-15-7-5-8-16-24,25-17-9-6-10-18-25)28-21-12-11-20-27(28)29(2,3)4/h5-22H,1-4H3/i5D,6D,7D,8D,9D,10D,11D,12D,13D,14D,15D,16D,17D,18D,19D,20D,21D,22D. The summed E-state index contributed by atoms with van der Waals surface area (Å²) in [6.07, 6.45) is 0. The topological polar surface area (TPSA) is 0 Å². The third-order valence-electron chi connectivity index (χ3n) is 4.69. The van der Waals surface area contributed by atoms with Gasteiger partial charge in [-0.3, -0.25) is 0 Å². The van der Waals surface area contributed by atoms with E-state index in [0.29, 0.717) is 0 Å². The molecule has 30 heavy (non-hydrogen) atoms. The molecule has 0 heterocycles. The van der Waals surface area contributed by atoms with Crippen molar-refractivity contribution in [2.24, 2.45) is 0 Å². The zero-order chi connectivity index (χ0) is 36.9. The molecule has 0 saturated carbocycles. The Kier molecular flexibility index (Phi) is 2.15. The van der Waals surface area contributed by atoms with Crippen molar-refractivity contribution in [1.82, 2.24) is 0 Å². The summed E-state index contributed by atoms with van der Waals surface area (Å²) >= 11 is 0. The van der Waals surface area contributed by atoms with Crippen LogP contribution in [0.5, 0.6) is 0 Å². The van der Waals surface area contributed by atoms with Crippen LogP contribution in [0, 0.1) is 6.92 Å². The van der Waals surface area contributed by atoms with Crippen molar-refractivity contribution in [2.45, 2.75) is 33.1 Å². The first-order chi connectivity index (χ1) is 21.9. The predicted molar refractivity (Wildman–Crippen MR) is 133 cm³/mol. The molecule has 1 heteroatoms. The first-order valence-electron chi connectivity index (χ1n) is 18.2. The molecule has 0 unspecified atom stereocenters. The van der Waals surface area contributed by atoms with Gasteiger partial charge >= 0.3 is 0 Å². The lowest BCUT2D eigenvalue weighted by Gasteiger charge is -2.38. The van der Waals surface area contributed by atoms with E-state index in [1.165, 1.54) is 6.92 Å². The molecule has 0 spiro atoms. The summed E-state index contributed by atoms with van der Waals surface area (Å²) in [7, 11) is -5.59.